The van der Waals surface area contributed by atoms with Crippen molar-refractivity contribution in [2.75, 3.05) is 25.1 Å². The molecule has 0 radical (unpaired) electrons. The number of methoxy groups -OCH3 is 1. The summed E-state index contributed by atoms with van der Waals surface area (Å²) in [7, 11) is 1.59. The number of hydrogen-bond acceptors (Lipinski definition) is 7. The molecule has 3 aliphatic rings. The maximum atomic E-state index is 14.0. The Morgan fingerprint density at radius 1 is 0.949 bits per heavy atom. The van der Waals surface area contributed by atoms with Crippen molar-refractivity contribution in [1.29, 1.82) is 0 Å². The number of aromatic nitrogens is 1. The summed E-state index contributed by atoms with van der Waals surface area (Å²) in [6.07, 6.45) is 3.03. The second kappa shape index (κ2) is 10.3. The fourth-order valence-electron chi connectivity index (χ4n) is 5.75. The third-order valence-corrected chi connectivity index (χ3v) is 10.4. The van der Waals surface area contributed by atoms with Crippen LogP contribution in [0.1, 0.15) is 41.2 Å². The van der Waals surface area contributed by atoms with Crippen LogP contribution >= 0.6 is 23.1 Å². The monoisotopic (exact) mass is 563 g/mol. The van der Waals surface area contributed by atoms with E-state index in [1.54, 1.807) is 19.2 Å². The van der Waals surface area contributed by atoms with Crippen LogP contribution in [0.5, 0.6) is 5.75 Å². The first-order chi connectivity index (χ1) is 18.9. The average Bonchev–Trinajstić information content (AvgIpc) is 3.40. The molecular weight excluding hydrogens is 534 g/mol. The van der Waals surface area contributed by atoms with E-state index in [9.17, 15) is 19.2 Å². The molecule has 39 heavy (non-hydrogen) atoms. The second-order valence-electron chi connectivity index (χ2n) is 10.2. The van der Waals surface area contributed by atoms with Crippen LogP contribution in [-0.2, 0) is 20.9 Å². The Hall–Kier alpha value is -3.37. The number of rotatable bonds is 5. The molecule has 1 aromatic heterocycles. The van der Waals surface area contributed by atoms with Gasteiger partial charge in [0, 0.05) is 23.9 Å². The Bertz CT molecular complexity index is 1490. The van der Waals surface area contributed by atoms with Crippen LogP contribution in [0.3, 0.4) is 0 Å². The Kier molecular flexibility index (Phi) is 6.84. The Labute approximate surface area is 234 Å². The SMILES string of the molecule is COc1ccc(C2c3sc(=O)n(CC(=O)N4CCCCC4)c3SC3C(=O)N(c4ccc(C)cc4)C(=O)C32)cc1. The van der Waals surface area contributed by atoms with Gasteiger partial charge in [0.2, 0.25) is 17.7 Å². The lowest BCUT2D eigenvalue weighted by Gasteiger charge is -2.31. The molecule has 2 fully saturated rings. The number of aryl methyl sites for hydroxylation is 1. The van der Waals surface area contributed by atoms with Gasteiger partial charge in [0.1, 0.15) is 17.5 Å². The van der Waals surface area contributed by atoms with Crippen molar-refractivity contribution in [3.63, 3.8) is 0 Å². The van der Waals surface area contributed by atoms with Crippen molar-refractivity contribution in [2.45, 2.75) is 48.9 Å². The number of thioether (sulfide) groups is 1. The Balaban J connectivity index is 1.43. The first kappa shape index (κ1) is 25.9. The molecule has 0 bridgehead atoms. The van der Waals surface area contributed by atoms with E-state index in [1.165, 1.54) is 21.2 Å². The predicted octanol–water partition coefficient (Wildman–Crippen LogP) is 4.04. The normalized spacial score (nSPS) is 22.6. The molecule has 0 aliphatic carbocycles. The molecule has 2 aromatic carbocycles. The molecule has 3 atom stereocenters. The lowest BCUT2D eigenvalue weighted by molar-refractivity contribution is -0.133. The molecule has 3 aromatic rings. The number of amides is 3. The van der Waals surface area contributed by atoms with Gasteiger partial charge in [0.15, 0.2) is 0 Å². The molecule has 2 saturated heterocycles. The van der Waals surface area contributed by atoms with Crippen LogP contribution in [0.25, 0.3) is 0 Å². The van der Waals surface area contributed by atoms with Gasteiger partial charge in [-0.15, -0.1) is 0 Å². The average molecular weight is 564 g/mol. The summed E-state index contributed by atoms with van der Waals surface area (Å²) in [6, 6.07) is 14.8. The zero-order chi connectivity index (χ0) is 27.3. The van der Waals surface area contributed by atoms with Gasteiger partial charge in [-0.2, -0.15) is 0 Å². The summed E-state index contributed by atoms with van der Waals surface area (Å²) in [5.74, 6) is -1.15. The number of likely N-dealkylation sites (tertiary alicyclic amines) is 1. The lowest BCUT2D eigenvalue weighted by atomic mass is 9.83. The van der Waals surface area contributed by atoms with Crippen molar-refractivity contribution in [2.24, 2.45) is 5.92 Å². The highest BCUT2D eigenvalue weighted by Crippen LogP contribution is 2.54. The predicted molar refractivity (Wildman–Crippen MR) is 151 cm³/mol. The Morgan fingerprint density at radius 2 is 1.64 bits per heavy atom. The van der Waals surface area contributed by atoms with Gasteiger partial charge < -0.3 is 9.64 Å². The van der Waals surface area contributed by atoms with Gasteiger partial charge in [0.25, 0.3) is 0 Å². The van der Waals surface area contributed by atoms with Crippen molar-refractivity contribution in [3.8, 4) is 5.75 Å². The van der Waals surface area contributed by atoms with E-state index in [-0.39, 0.29) is 29.1 Å². The summed E-state index contributed by atoms with van der Waals surface area (Å²) >= 11 is 2.32. The van der Waals surface area contributed by atoms with Crippen LogP contribution in [-0.4, -0.2) is 52.6 Å². The smallest absolute Gasteiger partial charge is 0.308 e. The molecule has 202 valence electrons. The van der Waals surface area contributed by atoms with Crippen molar-refractivity contribution >= 4 is 46.5 Å². The molecule has 6 rings (SSSR count). The number of nitrogens with zero attached hydrogens (tertiary/aromatic N) is 3. The fraction of sp³-hybridized carbons (Fsp3) is 0.379. The maximum absolute atomic E-state index is 14.0. The second-order valence-corrected chi connectivity index (χ2v) is 12.4. The maximum Gasteiger partial charge on any atom is 0.308 e. The molecular formula is C29H29N3O5S2. The highest BCUT2D eigenvalue weighted by Gasteiger charge is 2.56. The molecule has 4 heterocycles. The first-order valence-corrected chi connectivity index (χ1v) is 14.8. The fourth-order valence-corrected chi connectivity index (χ4v) is 8.53. The van der Waals surface area contributed by atoms with E-state index < -0.39 is 17.1 Å². The van der Waals surface area contributed by atoms with Crippen LogP contribution in [0, 0.1) is 12.8 Å². The number of ether oxygens (including phenoxy) is 1. The molecule has 0 spiro atoms. The van der Waals surface area contributed by atoms with Crippen molar-refractivity contribution < 1.29 is 19.1 Å². The number of fused-ring (bicyclic) bond motifs is 2. The summed E-state index contributed by atoms with van der Waals surface area (Å²) < 4.78 is 6.85. The minimum atomic E-state index is -0.705. The highest BCUT2D eigenvalue weighted by molar-refractivity contribution is 8.00. The third kappa shape index (κ3) is 4.49. The number of hydrogen-bond donors (Lipinski definition) is 0. The van der Waals surface area contributed by atoms with Crippen LogP contribution < -0.4 is 14.5 Å². The van der Waals surface area contributed by atoms with E-state index >= 15 is 0 Å². The summed E-state index contributed by atoms with van der Waals surface area (Å²) in [6.45, 7) is 3.29. The van der Waals surface area contributed by atoms with Gasteiger partial charge in [-0.3, -0.25) is 23.7 Å². The third-order valence-electron chi connectivity index (χ3n) is 7.82. The highest BCUT2D eigenvalue weighted by atomic mass is 32.2. The molecule has 3 unspecified atom stereocenters. The molecule has 0 saturated carbocycles. The molecule has 3 amide bonds. The van der Waals surface area contributed by atoms with E-state index in [1.807, 2.05) is 48.2 Å². The van der Waals surface area contributed by atoms with Crippen LogP contribution in [0.15, 0.2) is 58.4 Å². The van der Waals surface area contributed by atoms with E-state index in [2.05, 4.69) is 0 Å². The summed E-state index contributed by atoms with van der Waals surface area (Å²) in [5, 5.41) is -0.0897. The lowest BCUT2D eigenvalue weighted by Crippen LogP contribution is -2.39. The van der Waals surface area contributed by atoms with Crippen LogP contribution in [0.2, 0.25) is 0 Å². The standard InChI is InChI=1S/C29H29N3O5S2/c1-17-6-10-19(11-7-17)32-26(34)23-22(18-8-12-20(37-2)13-9-18)25-28(38-24(23)27(32)35)31(29(36)39-25)16-21(33)30-14-4-3-5-15-30/h6-13,22-24H,3-5,14-16H2,1-2H3. The summed E-state index contributed by atoms with van der Waals surface area (Å²) in [4.78, 5) is 57.8. The van der Waals surface area contributed by atoms with Gasteiger partial charge in [-0.25, -0.2) is 4.90 Å². The molecule has 10 heteroatoms. The topological polar surface area (TPSA) is 88.9 Å². The zero-order valence-electron chi connectivity index (χ0n) is 21.8. The first-order valence-electron chi connectivity index (χ1n) is 13.1. The number of benzene rings is 2. The molecule has 3 aliphatic heterocycles. The number of thiazole rings is 1. The molecule has 0 N–H and O–H groups in total. The Morgan fingerprint density at radius 3 is 2.31 bits per heavy atom. The van der Waals surface area contributed by atoms with Gasteiger partial charge in [0.05, 0.1) is 23.7 Å². The zero-order valence-corrected chi connectivity index (χ0v) is 23.4. The van der Waals surface area contributed by atoms with Gasteiger partial charge in [-0.05, 0) is 56.0 Å². The number of carbonyl (C=O) groups excluding carboxylic acids is 3. The number of imide groups is 1. The van der Waals surface area contributed by atoms with E-state index in [4.69, 9.17) is 4.74 Å². The van der Waals surface area contributed by atoms with Gasteiger partial charge >= 0.3 is 4.87 Å². The van der Waals surface area contributed by atoms with Crippen LogP contribution in [0.4, 0.5) is 5.69 Å². The molecule has 8 nitrogen and oxygen atoms in total. The number of piperidine rings is 1. The van der Waals surface area contributed by atoms with Crippen molar-refractivity contribution in [1.82, 2.24) is 9.47 Å². The van der Waals surface area contributed by atoms with Gasteiger partial charge in [-0.1, -0.05) is 52.9 Å². The minimum absolute atomic E-state index is 0.0613. The van der Waals surface area contributed by atoms with E-state index in [0.29, 0.717) is 29.6 Å². The van der Waals surface area contributed by atoms with Crippen molar-refractivity contribution in [3.05, 3.63) is 74.2 Å². The van der Waals surface area contributed by atoms with E-state index in [0.717, 1.165) is 46.6 Å². The quantitative estimate of drug-likeness (QED) is 0.436. The number of anilines is 1. The minimum Gasteiger partial charge on any atom is -0.497 e. The largest absolute Gasteiger partial charge is 0.497 e. The summed E-state index contributed by atoms with van der Waals surface area (Å²) in [5.41, 5.74) is 2.40. The number of carbonyl (C=O) groups is 3.